The molecule has 3 rings (SSSR count). The minimum Gasteiger partial charge on any atom is -0.497 e. The van der Waals surface area contributed by atoms with E-state index >= 15 is 0 Å². The molecule has 0 aromatic heterocycles. The van der Waals surface area contributed by atoms with Gasteiger partial charge in [0.25, 0.3) is 5.91 Å². The van der Waals surface area contributed by atoms with E-state index in [9.17, 15) is 9.59 Å². The van der Waals surface area contributed by atoms with Crippen LogP contribution in [0.25, 0.3) is 0 Å². The number of amides is 3. The van der Waals surface area contributed by atoms with Crippen LogP contribution in [-0.2, 0) is 10.3 Å². The van der Waals surface area contributed by atoms with Gasteiger partial charge in [-0.05, 0) is 6.07 Å². The van der Waals surface area contributed by atoms with Gasteiger partial charge in [0.2, 0.25) is 0 Å². The van der Waals surface area contributed by atoms with Crippen molar-refractivity contribution < 1.29 is 14.3 Å². The molecule has 94 valence electrons. The fourth-order valence-corrected chi connectivity index (χ4v) is 2.55. The van der Waals surface area contributed by atoms with Crippen molar-refractivity contribution >= 4 is 17.6 Å². The van der Waals surface area contributed by atoms with Crippen LogP contribution in [0.1, 0.15) is 12.0 Å². The number of urea groups is 1. The lowest BCUT2D eigenvalue weighted by molar-refractivity contribution is -0.124. The van der Waals surface area contributed by atoms with E-state index < -0.39 is 11.6 Å². The quantitative estimate of drug-likeness (QED) is 0.633. The first-order chi connectivity index (χ1) is 8.65. The van der Waals surface area contributed by atoms with E-state index in [0.717, 1.165) is 11.3 Å². The average Bonchev–Trinajstić information content (AvgIpc) is 2.64. The first kappa shape index (κ1) is 10.9. The van der Waals surface area contributed by atoms with Crippen molar-refractivity contribution in [3.8, 4) is 5.75 Å². The van der Waals surface area contributed by atoms with Crippen molar-refractivity contribution in [3.05, 3.63) is 23.8 Å². The third kappa shape index (κ3) is 1.35. The van der Waals surface area contributed by atoms with Gasteiger partial charge < -0.3 is 15.4 Å². The van der Waals surface area contributed by atoms with Crippen LogP contribution in [0.3, 0.4) is 0 Å². The zero-order valence-electron chi connectivity index (χ0n) is 9.87. The molecule has 18 heavy (non-hydrogen) atoms. The van der Waals surface area contributed by atoms with Gasteiger partial charge in [0.1, 0.15) is 11.3 Å². The number of carbonyl (C=O) groups is 2. The molecule has 0 saturated carbocycles. The molecule has 1 atom stereocenters. The van der Waals surface area contributed by atoms with Crippen molar-refractivity contribution in [1.29, 1.82) is 0 Å². The highest BCUT2D eigenvalue weighted by molar-refractivity contribution is 6.08. The summed E-state index contributed by atoms with van der Waals surface area (Å²) < 4.78 is 5.15. The summed E-state index contributed by atoms with van der Waals surface area (Å²) in [4.78, 5) is 23.4. The van der Waals surface area contributed by atoms with E-state index in [0.29, 0.717) is 18.7 Å². The summed E-state index contributed by atoms with van der Waals surface area (Å²) in [5.41, 5.74) is 0.653. The minimum atomic E-state index is -0.941. The van der Waals surface area contributed by atoms with E-state index in [2.05, 4.69) is 16.0 Å². The Kier molecular flexibility index (Phi) is 2.19. The molecular weight excluding hydrogens is 234 g/mol. The Morgan fingerprint density at radius 1 is 1.33 bits per heavy atom. The van der Waals surface area contributed by atoms with Crippen LogP contribution in [0, 0.1) is 0 Å². The van der Waals surface area contributed by atoms with E-state index in [1.165, 1.54) is 0 Å². The van der Waals surface area contributed by atoms with Gasteiger partial charge in [-0.2, -0.15) is 0 Å². The highest BCUT2D eigenvalue weighted by Gasteiger charge is 2.49. The number of nitrogens with one attached hydrogen (secondary N) is 3. The zero-order chi connectivity index (χ0) is 12.8. The predicted molar refractivity (Wildman–Crippen MR) is 64.5 cm³/mol. The topological polar surface area (TPSA) is 79.5 Å². The van der Waals surface area contributed by atoms with Crippen LogP contribution in [0.4, 0.5) is 10.5 Å². The number of carbonyl (C=O) groups excluding carboxylic acids is 2. The normalized spacial score (nSPS) is 25.2. The molecule has 2 aliphatic rings. The highest BCUT2D eigenvalue weighted by atomic mass is 16.5. The molecule has 1 saturated heterocycles. The second-order valence-corrected chi connectivity index (χ2v) is 4.40. The van der Waals surface area contributed by atoms with Crippen LogP contribution in [0.15, 0.2) is 18.2 Å². The number of methoxy groups -OCH3 is 1. The van der Waals surface area contributed by atoms with Crippen LogP contribution < -0.4 is 20.7 Å². The van der Waals surface area contributed by atoms with Crippen molar-refractivity contribution in [2.75, 3.05) is 19.0 Å². The monoisotopic (exact) mass is 247 g/mol. The Morgan fingerprint density at radius 2 is 2.17 bits per heavy atom. The number of imide groups is 1. The maximum atomic E-state index is 12.0. The molecule has 6 heteroatoms. The SMILES string of the molecule is COc1ccc2c(c1)NCC[C@]21NC(=O)NC1=O. The third-order valence-corrected chi connectivity index (χ3v) is 3.44. The summed E-state index contributed by atoms with van der Waals surface area (Å²) in [6, 6.07) is 4.98. The number of benzene rings is 1. The lowest BCUT2D eigenvalue weighted by Gasteiger charge is -2.33. The Labute approximate surface area is 104 Å². The third-order valence-electron chi connectivity index (χ3n) is 3.44. The average molecular weight is 247 g/mol. The molecule has 3 N–H and O–H groups in total. The van der Waals surface area contributed by atoms with E-state index in [4.69, 9.17) is 4.74 Å². The van der Waals surface area contributed by atoms with Gasteiger partial charge in [-0.1, -0.05) is 6.07 Å². The standard InChI is InChI=1S/C12H13N3O3/c1-18-7-2-3-8-9(6-7)13-5-4-12(8)10(16)14-11(17)15-12/h2-3,6,13H,4-5H2,1H3,(H2,14,15,16,17)/t12-/m0/s1. The van der Waals surface area contributed by atoms with Crippen LogP contribution in [0.2, 0.25) is 0 Å². The second-order valence-electron chi connectivity index (χ2n) is 4.40. The first-order valence-corrected chi connectivity index (χ1v) is 5.72. The molecule has 1 aromatic carbocycles. The summed E-state index contributed by atoms with van der Waals surface area (Å²) in [6.07, 6.45) is 0.532. The van der Waals surface area contributed by atoms with Crippen LogP contribution in [-0.4, -0.2) is 25.6 Å². The van der Waals surface area contributed by atoms with Crippen molar-refractivity contribution in [2.24, 2.45) is 0 Å². The molecule has 1 aromatic rings. The van der Waals surface area contributed by atoms with Gasteiger partial charge in [0.15, 0.2) is 0 Å². The zero-order valence-corrected chi connectivity index (χ0v) is 9.87. The molecular formula is C12H13N3O3. The molecule has 2 heterocycles. The van der Waals surface area contributed by atoms with Gasteiger partial charge in [-0.3, -0.25) is 10.1 Å². The highest BCUT2D eigenvalue weighted by Crippen LogP contribution is 2.38. The fraction of sp³-hybridized carbons (Fsp3) is 0.333. The summed E-state index contributed by atoms with van der Waals surface area (Å²) in [6.45, 7) is 0.619. The molecule has 3 amide bonds. The largest absolute Gasteiger partial charge is 0.497 e. The van der Waals surface area contributed by atoms with Crippen molar-refractivity contribution in [2.45, 2.75) is 12.0 Å². The smallest absolute Gasteiger partial charge is 0.322 e. The molecule has 0 radical (unpaired) electrons. The predicted octanol–water partition coefficient (Wildman–Crippen LogP) is 0.545. The van der Waals surface area contributed by atoms with Gasteiger partial charge in [0, 0.05) is 30.3 Å². The summed E-state index contributed by atoms with van der Waals surface area (Å²) in [7, 11) is 1.59. The number of ether oxygens (including phenoxy) is 1. The number of rotatable bonds is 1. The Morgan fingerprint density at radius 3 is 2.83 bits per heavy atom. The lowest BCUT2D eigenvalue weighted by Crippen LogP contribution is -2.47. The lowest BCUT2D eigenvalue weighted by atomic mass is 9.83. The maximum absolute atomic E-state index is 12.0. The van der Waals surface area contributed by atoms with Crippen LogP contribution >= 0.6 is 0 Å². The molecule has 0 aliphatic carbocycles. The van der Waals surface area contributed by atoms with Gasteiger partial charge in [0.05, 0.1) is 7.11 Å². The maximum Gasteiger partial charge on any atom is 0.322 e. The number of anilines is 1. The van der Waals surface area contributed by atoms with Crippen molar-refractivity contribution in [1.82, 2.24) is 10.6 Å². The molecule has 1 spiro atoms. The molecule has 0 unspecified atom stereocenters. The Bertz CT molecular complexity index is 543. The summed E-state index contributed by atoms with van der Waals surface area (Å²) in [5.74, 6) is 0.420. The minimum absolute atomic E-state index is 0.291. The number of fused-ring (bicyclic) bond motifs is 2. The Balaban J connectivity index is 2.12. The molecule has 2 aliphatic heterocycles. The summed E-state index contributed by atoms with van der Waals surface area (Å²) >= 11 is 0. The number of hydrogen-bond donors (Lipinski definition) is 3. The van der Waals surface area contributed by atoms with E-state index in [-0.39, 0.29) is 5.91 Å². The van der Waals surface area contributed by atoms with Crippen LogP contribution in [0.5, 0.6) is 5.75 Å². The van der Waals surface area contributed by atoms with Gasteiger partial charge in [-0.25, -0.2) is 4.79 Å². The molecule has 0 bridgehead atoms. The van der Waals surface area contributed by atoms with E-state index in [1.807, 2.05) is 12.1 Å². The number of hydrogen-bond acceptors (Lipinski definition) is 4. The Hall–Kier alpha value is -2.24. The molecule has 1 fully saturated rings. The molecule has 6 nitrogen and oxygen atoms in total. The van der Waals surface area contributed by atoms with Crippen molar-refractivity contribution in [3.63, 3.8) is 0 Å². The summed E-state index contributed by atoms with van der Waals surface area (Å²) in [5, 5.41) is 8.24. The first-order valence-electron chi connectivity index (χ1n) is 5.72. The second kappa shape index (κ2) is 3.63. The van der Waals surface area contributed by atoms with Gasteiger partial charge >= 0.3 is 6.03 Å². The van der Waals surface area contributed by atoms with Gasteiger partial charge in [-0.15, -0.1) is 0 Å². The fourth-order valence-electron chi connectivity index (χ4n) is 2.55. The van der Waals surface area contributed by atoms with E-state index in [1.54, 1.807) is 13.2 Å².